The summed E-state index contributed by atoms with van der Waals surface area (Å²) in [5.41, 5.74) is -0.637. The van der Waals surface area contributed by atoms with E-state index in [0.717, 1.165) is 6.07 Å². The molecule has 3 aromatic rings. The summed E-state index contributed by atoms with van der Waals surface area (Å²) < 4.78 is 10.5. The maximum atomic E-state index is 12.5. The molecule has 20 heavy (non-hydrogen) atoms. The van der Waals surface area contributed by atoms with E-state index in [1.54, 1.807) is 0 Å². The van der Waals surface area contributed by atoms with Gasteiger partial charge in [0.2, 0.25) is 5.43 Å². The van der Waals surface area contributed by atoms with Crippen molar-refractivity contribution in [2.45, 2.75) is 0 Å². The van der Waals surface area contributed by atoms with Gasteiger partial charge in [-0.3, -0.25) is 4.79 Å². The van der Waals surface area contributed by atoms with Gasteiger partial charge in [0.1, 0.15) is 33.6 Å². The number of phenolic OH excluding ortho intramolecular Hbond substituents is 3. The fourth-order valence-corrected chi connectivity index (χ4v) is 2.17. The van der Waals surface area contributed by atoms with Crippen LogP contribution < -0.4 is 10.2 Å². The van der Waals surface area contributed by atoms with Gasteiger partial charge in [-0.15, -0.1) is 0 Å². The van der Waals surface area contributed by atoms with Gasteiger partial charge < -0.3 is 24.5 Å². The van der Waals surface area contributed by atoms with Crippen LogP contribution in [0.25, 0.3) is 21.9 Å². The van der Waals surface area contributed by atoms with E-state index in [2.05, 4.69) is 0 Å². The number of aromatic hydroxyl groups is 3. The molecule has 0 atom stereocenters. The Labute approximate surface area is 112 Å². The summed E-state index contributed by atoms with van der Waals surface area (Å²) in [5.74, 6) is -0.663. The highest BCUT2D eigenvalue weighted by molar-refractivity contribution is 5.98. The van der Waals surface area contributed by atoms with Crippen molar-refractivity contribution in [3.05, 3.63) is 34.5 Å². The number of fused-ring (bicyclic) bond motifs is 2. The van der Waals surface area contributed by atoms with Crippen LogP contribution in [0.5, 0.6) is 23.0 Å². The summed E-state index contributed by atoms with van der Waals surface area (Å²) in [7, 11) is 1.38. The van der Waals surface area contributed by atoms with Crippen molar-refractivity contribution in [2.75, 3.05) is 7.11 Å². The molecule has 0 saturated heterocycles. The van der Waals surface area contributed by atoms with Crippen LogP contribution in [0.3, 0.4) is 0 Å². The minimum atomic E-state index is -0.550. The summed E-state index contributed by atoms with van der Waals surface area (Å²) in [6.07, 6.45) is 0. The lowest BCUT2D eigenvalue weighted by atomic mass is 10.1. The number of hydrogen-bond donors (Lipinski definition) is 3. The van der Waals surface area contributed by atoms with Gasteiger partial charge in [-0.25, -0.2) is 0 Å². The molecule has 0 aliphatic heterocycles. The van der Waals surface area contributed by atoms with Crippen LogP contribution in [-0.2, 0) is 0 Å². The van der Waals surface area contributed by atoms with Crippen LogP contribution in [0.2, 0.25) is 0 Å². The molecule has 0 fully saturated rings. The summed E-state index contributed by atoms with van der Waals surface area (Å²) in [6, 6.07) is 4.99. The monoisotopic (exact) mass is 274 g/mol. The van der Waals surface area contributed by atoms with Crippen LogP contribution in [0, 0.1) is 0 Å². The first-order valence-electron chi connectivity index (χ1n) is 5.71. The molecule has 2 aromatic carbocycles. The van der Waals surface area contributed by atoms with Crippen LogP contribution in [0.15, 0.2) is 33.5 Å². The minimum absolute atomic E-state index is 0.0245. The van der Waals surface area contributed by atoms with Gasteiger partial charge in [-0.05, 0) is 12.1 Å². The van der Waals surface area contributed by atoms with E-state index in [0.29, 0.717) is 0 Å². The zero-order chi connectivity index (χ0) is 14.4. The topological polar surface area (TPSA) is 100 Å². The molecule has 0 aliphatic rings. The minimum Gasteiger partial charge on any atom is -0.508 e. The zero-order valence-electron chi connectivity index (χ0n) is 10.4. The van der Waals surface area contributed by atoms with E-state index in [9.17, 15) is 20.1 Å². The Kier molecular flexibility index (Phi) is 2.47. The standard InChI is InChI=1S/C14H10O6/c1-19-9-3-2-7(16)14-12(9)13(18)11-8(17)4-6(15)5-10(11)20-14/h2-5,15-17H,1H3. The Balaban J connectivity index is 2.65. The normalized spacial score (nSPS) is 11.1. The summed E-state index contributed by atoms with van der Waals surface area (Å²) >= 11 is 0. The second-order valence-electron chi connectivity index (χ2n) is 4.26. The molecular weight excluding hydrogens is 264 g/mol. The molecule has 1 heterocycles. The summed E-state index contributed by atoms with van der Waals surface area (Å²) in [6.45, 7) is 0. The lowest BCUT2D eigenvalue weighted by Crippen LogP contribution is -2.04. The molecule has 0 saturated carbocycles. The average Bonchev–Trinajstić information content (AvgIpc) is 2.39. The molecule has 6 heteroatoms. The van der Waals surface area contributed by atoms with Crippen LogP contribution >= 0.6 is 0 Å². The van der Waals surface area contributed by atoms with Gasteiger partial charge >= 0.3 is 0 Å². The van der Waals surface area contributed by atoms with Crippen LogP contribution in [0.4, 0.5) is 0 Å². The first-order chi connectivity index (χ1) is 9.52. The lowest BCUT2D eigenvalue weighted by molar-refractivity contribution is 0.416. The number of rotatable bonds is 1. The average molecular weight is 274 g/mol. The second-order valence-corrected chi connectivity index (χ2v) is 4.26. The molecule has 0 aliphatic carbocycles. The number of hydrogen-bond acceptors (Lipinski definition) is 6. The van der Waals surface area contributed by atoms with Crippen molar-refractivity contribution >= 4 is 21.9 Å². The Morgan fingerprint density at radius 3 is 2.50 bits per heavy atom. The van der Waals surface area contributed by atoms with E-state index in [4.69, 9.17) is 9.15 Å². The number of ether oxygens (including phenoxy) is 1. The Morgan fingerprint density at radius 2 is 1.80 bits per heavy atom. The van der Waals surface area contributed by atoms with E-state index >= 15 is 0 Å². The third-order valence-corrected chi connectivity index (χ3v) is 3.05. The second kappa shape index (κ2) is 4.06. The maximum Gasteiger partial charge on any atom is 0.208 e. The molecule has 0 amide bonds. The first kappa shape index (κ1) is 12.2. The molecule has 0 radical (unpaired) electrons. The van der Waals surface area contributed by atoms with Crippen molar-refractivity contribution < 1.29 is 24.5 Å². The predicted octanol–water partition coefficient (Wildman–Crippen LogP) is 2.07. The molecule has 6 nitrogen and oxygen atoms in total. The molecule has 3 N–H and O–H groups in total. The molecule has 0 bridgehead atoms. The van der Waals surface area contributed by atoms with E-state index in [-0.39, 0.29) is 39.2 Å². The van der Waals surface area contributed by atoms with Crippen molar-refractivity contribution in [2.24, 2.45) is 0 Å². The SMILES string of the molecule is COc1ccc(O)c2oc3cc(O)cc(O)c3c(=O)c12. The fourth-order valence-electron chi connectivity index (χ4n) is 2.17. The lowest BCUT2D eigenvalue weighted by Gasteiger charge is -2.08. The van der Waals surface area contributed by atoms with Gasteiger partial charge in [-0.2, -0.15) is 0 Å². The molecule has 0 spiro atoms. The fraction of sp³-hybridized carbons (Fsp3) is 0.0714. The van der Waals surface area contributed by atoms with Gasteiger partial charge in [0, 0.05) is 12.1 Å². The molecule has 102 valence electrons. The van der Waals surface area contributed by atoms with Crippen LogP contribution in [0.1, 0.15) is 0 Å². The number of benzene rings is 2. The molecule has 0 unspecified atom stereocenters. The van der Waals surface area contributed by atoms with Gasteiger partial charge in [0.05, 0.1) is 7.11 Å². The van der Waals surface area contributed by atoms with Crippen molar-refractivity contribution in [3.63, 3.8) is 0 Å². The van der Waals surface area contributed by atoms with Gasteiger partial charge in [0.25, 0.3) is 0 Å². The highest BCUT2D eigenvalue weighted by Gasteiger charge is 2.18. The van der Waals surface area contributed by atoms with Crippen molar-refractivity contribution in [3.8, 4) is 23.0 Å². The van der Waals surface area contributed by atoms with Gasteiger partial charge in [-0.1, -0.05) is 0 Å². The Hall–Kier alpha value is -2.89. The van der Waals surface area contributed by atoms with E-state index < -0.39 is 11.2 Å². The third kappa shape index (κ3) is 1.55. The van der Waals surface area contributed by atoms with Crippen molar-refractivity contribution in [1.29, 1.82) is 0 Å². The first-order valence-corrected chi connectivity index (χ1v) is 5.71. The molecule has 1 aromatic heterocycles. The number of phenols is 3. The Morgan fingerprint density at radius 1 is 1.05 bits per heavy atom. The predicted molar refractivity (Wildman–Crippen MR) is 71.5 cm³/mol. The van der Waals surface area contributed by atoms with Gasteiger partial charge in [0.15, 0.2) is 11.3 Å². The maximum absolute atomic E-state index is 12.5. The van der Waals surface area contributed by atoms with Crippen LogP contribution in [-0.4, -0.2) is 22.4 Å². The largest absolute Gasteiger partial charge is 0.508 e. The molecule has 3 rings (SSSR count). The summed E-state index contributed by atoms with van der Waals surface area (Å²) in [4.78, 5) is 12.5. The van der Waals surface area contributed by atoms with E-state index in [1.807, 2.05) is 0 Å². The highest BCUT2D eigenvalue weighted by atomic mass is 16.5. The van der Waals surface area contributed by atoms with Crippen molar-refractivity contribution in [1.82, 2.24) is 0 Å². The Bertz CT molecular complexity index is 894. The smallest absolute Gasteiger partial charge is 0.208 e. The highest BCUT2D eigenvalue weighted by Crippen LogP contribution is 2.35. The zero-order valence-corrected chi connectivity index (χ0v) is 10.4. The third-order valence-electron chi connectivity index (χ3n) is 3.05. The quantitative estimate of drug-likeness (QED) is 0.587. The molecular formula is C14H10O6. The number of methoxy groups -OCH3 is 1. The summed E-state index contributed by atoms with van der Waals surface area (Å²) in [5, 5.41) is 29.0. The van der Waals surface area contributed by atoms with E-state index in [1.165, 1.54) is 25.3 Å².